The van der Waals surface area contributed by atoms with Gasteiger partial charge < -0.3 is 20.3 Å². The number of phenolic OH excluding ortho intramolecular Hbond substituents is 2. The number of ether oxygens (including phenoxy) is 1. The van der Waals surface area contributed by atoms with Gasteiger partial charge in [0.2, 0.25) is 0 Å². The Morgan fingerprint density at radius 2 is 2.05 bits per heavy atom. The summed E-state index contributed by atoms with van der Waals surface area (Å²) in [6.07, 6.45) is 0.987. The lowest BCUT2D eigenvalue weighted by atomic mass is 10.1. The highest BCUT2D eigenvalue weighted by Crippen LogP contribution is 2.21. The van der Waals surface area contributed by atoms with Gasteiger partial charge in [0.15, 0.2) is 0 Å². The van der Waals surface area contributed by atoms with Crippen LogP contribution in [0.1, 0.15) is 30.6 Å². The molecule has 1 aromatic carbocycles. The van der Waals surface area contributed by atoms with E-state index in [4.69, 9.17) is 4.74 Å². The maximum Gasteiger partial charge on any atom is 0.255 e. The second-order valence-corrected chi connectivity index (χ2v) is 4.75. The molecule has 0 aromatic heterocycles. The number of phenols is 2. The standard InChI is InChI=1S/C14H21NO4/c1-10(2)5-7-19-8-6-15-14(18)12-9-11(16)3-4-13(12)17/h3-4,9-10,16-17H,5-8H2,1-2H3,(H,15,18). The fourth-order valence-electron chi connectivity index (χ4n) is 1.46. The molecule has 0 aliphatic carbocycles. The average molecular weight is 267 g/mol. The summed E-state index contributed by atoms with van der Waals surface area (Å²) < 4.78 is 5.36. The topological polar surface area (TPSA) is 78.8 Å². The Morgan fingerprint density at radius 1 is 1.32 bits per heavy atom. The smallest absolute Gasteiger partial charge is 0.255 e. The molecule has 1 amide bonds. The molecule has 0 radical (unpaired) electrons. The number of hydrogen-bond donors (Lipinski definition) is 3. The first-order valence-corrected chi connectivity index (χ1v) is 6.38. The monoisotopic (exact) mass is 267 g/mol. The normalized spacial score (nSPS) is 10.7. The third-order valence-electron chi connectivity index (χ3n) is 2.60. The predicted octanol–water partition coefficient (Wildman–Crippen LogP) is 1.89. The minimum Gasteiger partial charge on any atom is -0.508 e. The first kappa shape index (κ1) is 15.3. The molecule has 0 fully saturated rings. The van der Waals surface area contributed by atoms with Crippen molar-refractivity contribution in [3.8, 4) is 11.5 Å². The summed E-state index contributed by atoms with van der Waals surface area (Å²) >= 11 is 0. The molecule has 0 bridgehead atoms. The molecule has 0 aliphatic heterocycles. The van der Waals surface area contributed by atoms with Crippen molar-refractivity contribution >= 4 is 5.91 Å². The second-order valence-electron chi connectivity index (χ2n) is 4.75. The lowest BCUT2D eigenvalue weighted by molar-refractivity contribution is 0.0903. The molecule has 0 unspecified atom stereocenters. The van der Waals surface area contributed by atoms with Gasteiger partial charge in [0, 0.05) is 13.2 Å². The molecule has 5 nitrogen and oxygen atoms in total. The Kier molecular flexibility index (Phi) is 6.15. The zero-order chi connectivity index (χ0) is 14.3. The number of nitrogens with one attached hydrogen (secondary N) is 1. The summed E-state index contributed by atoms with van der Waals surface area (Å²) in [5.41, 5.74) is 0.0576. The zero-order valence-electron chi connectivity index (χ0n) is 11.3. The van der Waals surface area contributed by atoms with E-state index < -0.39 is 5.91 Å². The third kappa shape index (κ3) is 5.61. The van der Waals surface area contributed by atoms with Crippen molar-refractivity contribution in [2.45, 2.75) is 20.3 Å². The van der Waals surface area contributed by atoms with Crippen LogP contribution in [0.3, 0.4) is 0 Å². The molecule has 106 valence electrons. The van der Waals surface area contributed by atoms with Crippen LogP contribution in [0, 0.1) is 5.92 Å². The summed E-state index contributed by atoms with van der Waals surface area (Å²) in [7, 11) is 0. The van der Waals surface area contributed by atoms with Crippen molar-refractivity contribution in [3.05, 3.63) is 23.8 Å². The van der Waals surface area contributed by atoms with Crippen LogP contribution < -0.4 is 5.32 Å². The molecule has 1 aromatic rings. The van der Waals surface area contributed by atoms with E-state index in [9.17, 15) is 15.0 Å². The molecule has 0 atom stereocenters. The highest BCUT2D eigenvalue weighted by atomic mass is 16.5. The van der Waals surface area contributed by atoms with Crippen LogP contribution in [0.5, 0.6) is 11.5 Å². The Balaban J connectivity index is 2.29. The highest BCUT2D eigenvalue weighted by Gasteiger charge is 2.11. The van der Waals surface area contributed by atoms with Crippen molar-refractivity contribution in [1.29, 1.82) is 0 Å². The number of carbonyl (C=O) groups excluding carboxylic acids is 1. The molecule has 1 rings (SSSR count). The van der Waals surface area contributed by atoms with Gasteiger partial charge in [0.25, 0.3) is 5.91 Å². The summed E-state index contributed by atoms with van der Waals surface area (Å²) in [4.78, 5) is 11.7. The Morgan fingerprint density at radius 3 is 2.74 bits per heavy atom. The molecule has 0 spiro atoms. The molecule has 0 saturated carbocycles. The lowest BCUT2D eigenvalue weighted by Crippen LogP contribution is -2.27. The van der Waals surface area contributed by atoms with Crippen LogP contribution in [-0.2, 0) is 4.74 Å². The molecule has 19 heavy (non-hydrogen) atoms. The van der Waals surface area contributed by atoms with Gasteiger partial charge >= 0.3 is 0 Å². The minimum absolute atomic E-state index is 0.0576. The third-order valence-corrected chi connectivity index (χ3v) is 2.60. The largest absolute Gasteiger partial charge is 0.508 e. The fourth-order valence-corrected chi connectivity index (χ4v) is 1.46. The van der Waals surface area contributed by atoms with Crippen LogP contribution in [0.2, 0.25) is 0 Å². The van der Waals surface area contributed by atoms with Gasteiger partial charge in [-0.25, -0.2) is 0 Å². The number of benzene rings is 1. The fraction of sp³-hybridized carbons (Fsp3) is 0.500. The van der Waals surface area contributed by atoms with Crippen molar-refractivity contribution in [3.63, 3.8) is 0 Å². The van der Waals surface area contributed by atoms with E-state index in [1.807, 2.05) is 0 Å². The molecule has 0 heterocycles. The number of carbonyl (C=O) groups is 1. The van der Waals surface area contributed by atoms with Gasteiger partial charge in [-0.15, -0.1) is 0 Å². The van der Waals surface area contributed by atoms with Crippen molar-refractivity contribution in [2.24, 2.45) is 5.92 Å². The molecule has 0 aliphatic rings. The van der Waals surface area contributed by atoms with Gasteiger partial charge in [-0.2, -0.15) is 0 Å². The molecular formula is C14H21NO4. The maximum absolute atomic E-state index is 11.7. The number of rotatable bonds is 7. The van der Waals surface area contributed by atoms with E-state index in [0.717, 1.165) is 6.42 Å². The average Bonchev–Trinajstić information content (AvgIpc) is 2.36. The number of hydrogen-bond acceptors (Lipinski definition) is 4. The molecule has 5 heteroatoms. The van der Waals surface area contributed by atoms with Gasteiger partial charge in [-0.05, 0) is 30.5 Å². The first-order chi connectivity index (χ1) is 9.00. The zero-order valence-corrected chi connectivity index (χ0v) is 11.3. The van der Waals surface area contributed by atoms with E-state index in [1.165, 1.54) is 18.2 Å². The van der Waals surface area contributed by atoms with E-state index in [2.05, 4.69) is 19.2 Å². The molecule has 0 saturated heterocycles. The molecular weight excluding hydrogens is 246 g/mol. The molecule has 3 N–H and O–H groups in total. The summed E-state index contributed by atoms with van der Waals surface area (Å²) in [6.45, 7) is 5.71. The van der Waals surface area contributed by atoms with Crippen LogP contribution in [0.4, 0.5) is 0 Å². The number of aromatic hydroxyl groups is 2. The Labute approximate surface area is 113 Å². The van der Waals surface area contributed by atoms with Crippen LogP contribution in [0.15, 0.2) is 18.2 Å². The van der Waals surface area contributed by atoms with Gasteiger partial charge in [-0.3, -0.25) is 4.79 Å². The van der Waals surface area contributed by atoms with Crippen molar-refractivity contribution < 1.29 is 19.7 Å². The predicted molar refractivity (Wildman–Crippen MR) is 72.4 cm³/mol. The van der Waals surface area contributed by atoms with Crippen LogP contribution >= 0.6 is 0 Å². The first-order valence-electron chi connectivity index (χ1n) is 6.38. The van der Waals surface area contributed by atoms with Crippen molar-refractivity contribution in [1.82, 2.24) is 5.32 Å². The van der Waals surface area contributed by atoms with Crippen LogP contribution in [-0.4, -0.2) is 35.9 Å². The quantitative estimate of drug-likeness (QED) is 0.520. The van der Waals surface area contributed by atoms with Crippen molar-refractivity contribution in [2.75, 3.05) is 19.8 Å². The van der Waals surface area contributed by atoms with E-state index in [0.29, 0.717) is 25.7 Å². The summed E-state index contributed by atoms with van der Waals surface area (Å²) in [5, 5.41) is 21.4. The van der Waals surface area contributed by atoms with E-state index >= 15 is 0 Å². The summed E-state index contributed by atoms with van der Waals surface area (Å²) in [6, 6.07) is 3.83. The second kappa shape index (κ2) is 7.63. The van der Waals surface area contributed by atoms with Gasteiger partial charge in [-0.1, -0.05) is 13.8 Å². The van der Waals surface area contributed by atoms with Gasteiger partial charge in [0.1, 0.15) is 11.5 Å². The Hall–Kier alpha value is -1.75. The maximum atomic E-state index is 11.7. The lowest BCUT2D eigenvalue weighted by Gasteiger charge is -2.09. The Bertz CT molecular complexity index is 418. The van der Waals surface area contributed by atoms with Crippen LogP contribution in [0.25, 0.3) is 0 Å². The number of amides is 1. The minimum atomic E-state index is -0.430. The highest BCUT2D eigenvalue weighted by molar-refractivity contribution is 5.97. The van der Waals surface area contributed by atoms with Gasteiger partial charge in [0.05, 0.1) is 12.2 Å². The summed E-state index contributed by atoms with van der Waals surface area (Å²) in [5.74, 6) is -0.0492. The van der Waals surface area contributed by atoms with E-state index in [-0.39, 0.29) is 17.1 Å². The van der Waals surface area contributed by atoms with E-state index in [1.54, 1.807) is 0 Å². The SMILES string of the molecule is CC(C)CCOCCNC(=O)c1cc(O)ccc1O.